The summed E-state index contributed by atoms with van der Waals surface area (Å²) in [6.07, 6.45) is 8.93. The third-order valence-corrected chi connectivity index (χ3v) is 5.02. The number of pyridine rings is 1. The summed E-state index contributed by atoms with van der Waals surface area (Å²) in [5.41, 5.74) is 1.92. The van der Waals surface area contributed by atoms with E-state index in [1.165, 1.54) is 5.56 Å². The number of carbonyl (C=O) groups is 1. The molecule has 0 spiro atoms. The molecule has 4 rings (SSSR count). The van der Waals surface area contributed by atoms with E-state index in [1.54, 1.807) is 18.5 Å². The molecular formula is C18H23N5O2. The lowest BCUT2D eigenvalue weighted by molar-refractivity contribution is -0.127. The summed E-state index contributed by atoms with van der Waals surface area (Å²) in [6, 6.07) is 3.64. The van der Waals surface area contributed by atoms with Crippen LogP contribution in [-0.2, 0) is 23.1 Å². The van der Waals surface area contributed by atoms with Gasteiger partial charge in [0, 0.05) is 38.1 Å². The lowest BCUT2D eigenvalue weighted by Crippen LogP contribution is -2.41. The first-order chi connectivity index (χ1) is 12.2. The average Bonchev–Trinajstić information content (AvgIpc) is 3.21. The molecule has 0 saturated carbocycles. The van der Waals surface area contributed by atoms with Gasteiger partial charge in [0.05, 0.1) is 24.2 Å². The fourth-order valence-corrected chi connectivity index (χ4v) is 3.78. The van der Waals surface area contributed by atoms with Gasteiger partial charge in [-0.25, -0.2) is 0 Å². The zero-order valence-corrected chi connectivity index (χ0v) is 14.3. The van der Waals surface area contributed by atoms with Gasteiger partial charge in [0.15, 0.2) is 0 Å². The Kier molecular flexibility index (Phi) is 4.50. The molecule has 2 saturated heterocycles. The molecule has 1 amide bonds. The third kappa shape index (κ3) is 3.72. The molecule has 7 heteroatoms. The van der Waals surface area contributed by atoms with Crippen LogP contribution in [0.15, 0.2) is 36.9 Å². The van der Waals surface area contributed by atoms with E-state index in [9.17, 15) is 4.79 Å². The first kappa shape index (κ1) is 16.2. The lowest BCUT2D eigenvalue weighted by Gasteiger charge is -2.33. The quantitative estimate of drug-likeness (QED) is 0.911. The number of hydrogen-bond donors (Lipinski definition) is 1. The van der Waals surface area contributed by atoms with Gasteiger partial charge in [0.25, 0.3) is 5.91 Å². The van der Waals surface area contributed by atoms with Crippen LogP contribution in [0, 0.1) is 5.92 Å². The SMILES string of the molecule is Cn1cc(CN2CC[C@@H]3C[C@H](C(=O)Nc4cccnc4)O[C@@H]3C2)cn1. The number of likely N-dealkylation sites (tertiary alicyclic amines) is 1. The van der Waals surface area contributed by atoms with Crippen molar-refractivity contribution in [2.45, 2.75) is 31.6 Å². The lowest BCUT2D eigenvalue weighted by atomic mass is 9.91. The van der Waals surface area contributed by atoms with Gasteiger partial charge in [-0.3, -0.25) is 19.4 Å². The van der Waals surface area contributed by atoms with E-state index in [0.717, 1.165) is 32.5 Å². The molecule has 7 nitrogen and oxygen atoms in total. The van der Waals surface area contributed by atoms with E-state index in [0.29, 0.717) is 11.6 Å². The Bertz CT molecular complexity index is 732. The molecule has 2 aliphatic rings. The van der Waals surface area contributed by atoms with Crippen LogP contribution < -0.4 is 5.32 Å². The fraction of sp³-hybridized carbons (Fsp3) is 0.500. The normalized spacial score (nSPS) is 26.4. The van der Waals surface area contributed by atoms with Crippen molar-refractivity contribution in [1.29, 1.82) is 0 Å². The molecule has 2 aliphatic heterocycles. The largest absolute Gasteiger partial charge is 0.364 e. The van der Waals surface area contributed by atoms with Crippen molar-refractivity contribution in [3.8, 4) is 0 Å². The van der Waals surface area contributed by atoms with Crippen LogP contribution in [0.4, 0.5) is 5.69 Å². The van der Waals surface area contributed by atoms with Crippen molar-refractivity contribution >= 4 is 11.6 Å². The summed E-state index contributed by atoms with van der Waals surface area (Å²) in [7, 11) is 1.93. The number of ether oxygens (including phenoxy) is 1. The first-order valence-corrected chi connectivity index (χ1v) is 8.73. The highest BCUT2D eigenvalue weighted by Crippen LogP contribution is 2.34. The average molecular weight is 341 g/mol. The van der Waals surface area contributed by atoms with Gasteiger partial charge in [0.2, 0.25) is 0 Å². The van der Waals surface area contributed by atoms with Gasteiger partial charge >= 0.3 is 0 Å². The predicted octanol–water partition coefficient (Wildman–Crippen LogP) is 1.43. The monoisotopic (exact) mass is 341 g/mol. The second kappa shape index (κ2) is 6.93. The number of fused-ring (bicyclic) bond motifs is 1. The zero-order valence-electron chi connectivity index (χ0n) is 14.3. The summed E-state index contributed by atoms with van der Waals surface area (Å²) in [5.74, 6) is 0.399. The molecule has 25 heavy (non-hydrogen) atoms. The second-order valence-electron chi connectivity index (χ2n) is 6.94. The Balaban J connectivity index is 1.33. The summed E-state index contributed by atoms with van der Waals surface area (Å²) in [5, 5.41) is 7.12. The minimum absolute atomic E-state index is 0.0683. The Hall–Kier alpha value is -2.25. The molecule has 2 fully saturated rings. The molecule has 0 aliphatic carbocycles. The van der Waals surface area contributed by atoms with E-state index < -0.39 is 0 Å². The number of anilines is 1. The topological polar surface area (TPSA) is 72.3 Å². The van der Waals surface area contributed by atoms with E-state index >= 15 is 0 Å². The Morgan fingerprint density at radius 3 is 3.12 bits per heavy atom. The van der Waals surface area contributed by atoms with Crippen molar-refractivity contribution in [2.75, 3.05) is 18.4 Å². The Morgan fingerprint density at radius 2 is 2.36 bits per heavy atom. The standard InChI is InChI=1S/C18H23N5O2/c1-22-10-13(8-20-22)11-23-6-4-14-7-16(25-17(14)12-23)18(24)21-15-3-2-5-19-9-15/h2-3,5,8-10,14,16-17H,4,6-7,11-12H2,1H3,(H,21,24)/t14-,16-,17-/m1/s1. The summed E-state index contributed by atoms with van der Waals surface area (Å²) < 4.78 is 7.90. The highest BCUT2D eigenvalue weighted by Gasteiger charge is 2.41. The van der Waals surface area contributed by atoms with Gasteiger partial charge in [-0.2, -0.15) is 5.10 Å². The Morgan fingerprint density at radius 1 is 1.44 bits per heavy atom. The number of nitrogens with one attached hydrogen (secondary N) is 1. The molecule has 4 heterocycles. The first-order valence-electron chi connectivity index (χ1n) is 8.73. The number of amides is 1. The minimum Gasteiger partial charge on any atom is -0.364 e. The molecule has 0 aromatic carbocycles. The maximum absolute atomic E-state index is 12.4. The molecule has 0 radical (unpaired) electrons. The number of nitrogens with zero attached hydrogens (tertiary/aromatic N) is 4. The van der Waals surface area contributed by atoms with Crippen molar-refractivity contribution in [3.63, 3.8) is 0 Å². The number of piperidine rings is 1. The Labute approximate surface area is 147 Å². The maximum Gasteiger partial charge on any atom is 0.253 e. The van der Waals surface area contributed by atoms with Gasteiger partial charge in [-0.05, 0) is 37.4 Å². The summed E-state index contributed by atoms with van der Waals surface area (Å²) in [6.45, 7) is 2.79. The number of aryl methyl sites for hydroxylation is 1. The van der Waals surface area contributed by atoms with Crippen molar-refractivity contribution in [2.24, 2.45) is 13.0 Å². The zero-order chi connectivity index (χ0) is 17.2. The molecule has 0 bridgehead atoms. The van der Waals surface area contributed by atoms with Crippen LogP contribution in [0.2, 0.25) is 0 Å². The summed E-state index contributed by atoms with van der Waals surface area (Å²) >= 11 is 0. The van der Waals surface area contributed by atoms with E-state index in [1.807, 2.05) is 30.2 Å². The number of rotatable bonds is 4. The van der Waals surface area contributed by atoms with Crippen LogP contribution in [0.3, 0.4) is 0 Å². The number of aromatic nitrogens is 3. The van der Waals surface area contributed by atoms with Crippen LogP contribution in [0.25, 0.3) is 0 Å². The van der Waals surface area contributed by atoms with Crippen LogP contribution in [-0.4, -0.2) is 50.9 Å². The fourth-order valence-electron chi connectivity index (χ4n) is 3.78. The van der Waals surface area contributed by atoms with Crippen molar-refractivity contribution in [3.05, 3.63) is 42.5 Å². The molecule has 3 atom stereocenters. The molecule has 0 unspecified atom stereocenters. The van der Waals surface area contributed by atoms with Gasteiger partial charge in [-0.1, -0.05) is 0 Å². The highest BCUT2D eigenvalue weighted by atomic mass is 16.5. The molecule has 132 valence electrons. The van der Waals surface area contributed by atoms with Gasteiger partial charge in [-0.15, -0.1) is 0 Å². The molecule has 2 aromatic rings. The summed E-state index contributed by atoms with van der Waals surface area (Å²) in [4.78, 5) is 18.9. The van der Waals surface area contributed by atoms with Gasteiger partial charge < -0.3 is 10.1 Å². The smallest absolute Gasteiger partial charge is 0.253 e. The van der Waals surface area contributed by atoms with Gasteiger partial charge in [0.1, 0.15) is 6.10 Å². The molecule has 1 N–H and O–H groups in total. The van der Waals surface area contributed by atoms with E-state index in [4.69, 9.17) is 4.74 Å². The van der Waals surface area contributed by atoms with Crippen molar-refractivity contribution in [1.82, 2.24) is 19.7 Å². The minimum atomic E-state index is -0.367. The van der Waals surface area contributed by atoms with E-state index in [2.05, 4.69) is 20.3 Å². The maximum atomic E-state index is 12.4. The third-order valence-electron chi connectivity index (χ3n) is 5.02. The number of carbonyl (C=O) groups excluding carboxylic acids is 1. The number of hydrogen-bond acceptors (Lipinski definition) is 5. The molecule has 2 aromatic heterocycles. The highest BCUT2D eigenvalue weighted by molar-refractivity contribution is 5.94. The van der Waals surface area contributed by atoms with Crippen molar-refractivity contribution < 1.29 is 9.53 Å². The second-order valence-corrected chi connectivity index (χ2v) is 6.94. The van der Waals surface area contributed by atoms with Crippen LogP contribution in [0.5, 0.6) is 0 Å². The van der Waals surface area contributed by atoms with Crippen LogP contribution in [0.1, 0.15) is 18.4 Å². The van der Waals surface area contributed by atoms with E-state index in [-0.39, 0.29) is 18.1 Å². The molecular weight excluding hydrogens is 318 g/mol. The van der Waals surface area contributed by atoms with Crippen LogP contribution >= 0.6 is 0 Å². The predicted molar refractivity (Wildman–Crippen MR) is 92.7 cm³/mol.